The maximum absolute atomic E-state index is 5.98. The minimum absolute atomic E-state index is 0.373. The fourth-order valence-corrected chi connectivity index (χ4v) is 4.28. The SMILES string of the molecule is Cc1ccc(-c2nn(C[NH+](C)Cc3ccc(C)o3)c(=S)n2-c2ccccc2C(C)C)cc1. The van der Waals surface area contributed by atoms with Crippen molar-refractivity contribution in [2.75, 3.05) is 7.05 Å². The van der Waals surface area contributed by atoms with E-state index in [1.165, 1.54) is 16.0 Å². The Hall–Kier alpha value is -2.96. The average Bonchev–Trinajstić information content (AvgIpc) is 3.31. The molecular formula is C26H31N4OS+. The van der Waals surface area contributed by atoms with E-state index in [1.807, 2.05) is 23.7 Å². The van der Waals surface area contributed by atoms with Crippen molar-refractivity contribution < 1.29 is 9.32 Å². The molecule has 0 aliphatic heterocycles. The Bertz CT molecular complexity index is 1260. The van der Waals surface area contributed by atoms with E-state index in [0.717, 1.165) is 35.1 Å². The third kappa shape index (κ3) is 4.61. The molecule has 1 N–H and O–H groups in total. The number of hydrogen-bond donors (Lipinski definition) is 1. The zero-order chi connectivity index (χ0) is 22.8. The largest absolute Gasteiger partial charge is 0.460 e. The summed E-state index contributed by atoms with van der Waals surface area (Å²) in [5, 5.41) is 5.00. The molecule has 0 aliphatic carbocycles. The number of hydrogen-bond acceptors (Lipinski definition) is 3. The number of nitrogens with one attached hydrogen (secondary N) is 1. The topological polar surface area (TPSA) is 40.3 Å². The number of benzene rings is 2. The lowest BCUT2D eigenvalue weighted by Crippen LogP contribution is -3.07. The molecule has 5 nitrogen and oxygen atoms in total. The average molecular weight is 448 g/mol. The van der Waals surface area contributed by atoms with Gasteiger partial charge >= 0.3 is 0 Å². The minimum Gasteiger partial charge on any atom is -0.460 e. The van der Waals surface area contributed by atoms with Crippen LogP contribution in [0, 0.1) is 18.6 Å². The Morgan fingerprint density at radius 3 is 2.38 bits per heavy atom. The predicted octanol–water partition coefficient (Wildman–Crippen LogP) is 5.08. The first-order chi connectivity index (χ1) is 15.3. The van der Waals surface area contributed by atoms with E-state index >= 15 is 0 Å². The molecule has 6 heteroatoms. The third-order valence-corrected chi connectivity index (χ3v) is 6.03. The third-order valence-electron chi connectivity index (χ3n) is 5.64. The molecule has 0 aliphatic rings. The normalized spacial score (nSPS) is 12.4. The zero-order valence-electron chi connectivity index (χ0n) is 19.4. The summed E-state index contributed by atoms with van der Waals surface area (Å²) in [6, 6.07) is 21.0. The fourth-order valence-electron chi connectivity index (χ4n) is 3.99. The van der Waals surface area contributed by atoms with Crippen molar-refractivity contribution in [3.05, 3.63) is 88.1 Å². The van der Waals surface area contributed by atoms with Crippen LogP contribution in [0.1, 0.15) is 42.4 Å². The Morgan fingerprint density at radius 1 is 1.00 bits per heavy atom. The standard InChI is InChI=1S/C26H30N4OS/c1-18(2)23-8-6-7-9-24(23)30-25(21-13-10-19(3)11-14-21)27-29(26(30)32)17-28(5)16-22-15-12-20(4)31-22/h6-15,18H,16-17H2,1-5H3/p+1. The smallest absolute Gasteiger partial charge is 0.207 e. The van der Waals surface area contributed by atoms with E-state index in [1.54, 1.807) is 0 Å². The van der Waals surface area contributed by atoms with Crippen LogP contribution in [0.4, 0.5) is 0 Å². The van der Waals surface area contributed by atoms with Crippen molar-refractivity contribution >= 4 is 12.2 Å². The van der Waals surface area contributed by atoms with Crippen LogP contribution in [0.2, 0.25) is 0 Å². The van der Waals surface area contributed by atoms with Gasteiger partial charge in [-0.15, -0.1) is 5.10 Å². The molecule has 0 fully saturated rings. The van der Waals surface area contributed by atoms with Gasteiger partial charge in [-0.25, -0.2) is 0 Å². The van der Waals surface area contributed by atoms with Crippen LogP contribution < -0.4 is 4.90 Å². The van der Waals surface area contributed by atoms with Gasteiger partial charge < -0.3 is 9.32 Å². The number of furan rings is 1. The summed E-state index contributed by atoms with van der Waals surface area (Å²) >= 11 is 5.98. The molecule has 4 rings (SSSR count). The molecular weight excluding hydrogens is 416 g/mol. The highest BCUT2D eigenvalue weighted by molar-refractivity contribution is 7.71. The van der Waals surface area contributed by atoms with Gasteiger partial charge in [-0.2, -0.15) is 4.68 Å². The van der Waals surface area contributed by atoms with Gasteiger partial charge in [0.2, 0.25) is 4.77 Å². The van der Waals surface area contributed by atoms with Crippen LogP contribution in [0.5, 0.6) is 0 Å². The van der Waals surface area contributed by atoms with Gasteiger partial charge in [-0.05, 0) is 55.7 Å². The van der Waals surface area contributed by atoms with Gasteiger partial charge in [0, 0.05) is 5.56 Å². The van der Waals surface area contributed by atoms with E-state index < -0.39 is 0 Å². The molecule has 1 atom stereocenters. The first-order valence-electron chi connectivity index (χ1n) is 11.1. The van der Waals surface area contributed by atoms with Crippen LogP contribution in [0.15, 0.2) is 65.1 Å². The molecule has 2 aromatic carbocycles. The molecule has 0 spiro atoms. The molecule has 0 saturated heterocycles. The molecule has 166 valence electrons. The lowest BCUT2D eigenvalue weighted by molar-refractivity contribution is -0.918. The Balaban J connectivity index is 1.79. The Kier molecular flexibility index (Phi) is 6.44. The molecule has 2 heterocycles. The van der Waals surface area contributed by atoms with Crippen molar-refractivity contribution in [3.8, 4) is 17.1 Å². The van der Waals surface area contributed by atoms with E-state index in [2.05, 4.69) is 80.9 Å². The summed E-state index contributed by atoms with van der Waals surface area (Å²) < 4.78 is 10.5. The van der Waals surface area contributed by atoms with Gasteiger partial charge in [0.1, 0.15) is 12.3 Å². The highest BCUT2D eigenvalue weighted by Gasteiger charge is 2.19. The number of quaternary nitrogens is 1. The highest BCUT2D eigenvalue weighted by atomic mass is 32.1. The van der Waals surface area contributed by atoms with E-state index in [-0.39, 0.29) is 0 Å². The Morgan fingerprint density at radius 2 is 1.72 bits per heavy atom. The van der Waals surface area contributed by atoms with Crippen molar-refractivity contribution in [3.63, 3.8) is 0 Å². The summed E-state index contributed by atoms with van der Waals surface area (Å²) in [6.45, 7) is 9.90. The number of para-hydroxylation sites is 1. The summed E-state index contributed by atoms with van der Waals surface area (Å²) in [4.78, 5) is 1.24. The summed E-state index contributed by atoms with van der Waals surface area (Å²) in [6.07, 6.45) is 0. The zero-order valence-corrected chi connectivity index (χ0v) is 20.2. The number of aromatic nitrogens is 3. The fraction of sp³-hybridized carbons (Fsp3) is 0.308. The molecule has 1 unspecified atom stereocenters. The van der Waals surface area contributed by atoms with Gasteiger partial charge in [0.05, 0.1) is 12.7 Å². The van der Waals surface area contributed by atoms with Crippen LogP contribution in [-0.2, 0) is 13.2 Å². The lowest BCUT2D eigenvalue weighted by atomic mass is 10.0. The first-order valence-corrected chi connectivity index (χ1v) is 11.5. The van der Waals surface area contributed by atoms with Crippen molar-refractivity contribution in [2.24, 2.45) is 0 Å². The summed E-state index contributed by atoms with van der Waals surface area (Å²) in [5.41, 5.74) is 4.62. The van der Waals surface area contributed by atoms with Gasteiger partial charge in [0.15, 0.2) is 18.3 Å². The summed E-state index contributed by atoms with van der Waals surface area (Å²) in [7, 11) is 2.13. The van der Waals surface area contributed by atoms with Gasteiger partial charge in [-0.3, -0.25) is 4.57 Å². The molecule has 0 radical (unpaired) electrons. The second-order valence-corrected chi connectivity index (χ2v) is 9.19. The molecule has 0 amide bonds. The minimum atomic E-state index is 0.373. The van der Waals surface area contributed by atoms with E-state index in [9.17, 15) is 0 Å². The van der Waals surface area contributed by atoms with Gasteiger partial charge in [-0.1, -0.05) is 61.9 Å². The quantitative estimate of drug-likeness (QED) is 0.402. The van der Waals surface area contributed by atoms with E-state index in [4.69, 9.17) is 21.7 Å². The maximum Gasteiger partial charge on any atom is 0.207 e. The monoisotopic (exact) mass is 447 g/mol. The molecule has 32 heavy (non-hydrogen) atoms. The molecule has 2 aromatic heterocycles. The van der Waals surface area contributed by atoms with Crippen LogP contribution in [-0.4, -0.2) is 21.4 Å². The molecule has 0 saturated carbocycles. The van der Waals surface area contributed by atoms with Crippen molar-refractivity contribution in [2.45, 2.75) is 46.8 Å². The first kappa shape index (κ1) is 22.2. The van der Waals surface area contributed by atoms with Crippen LogP contribution in [0.25, 0.3) is 17.1 Å². The molecule has 0 bridgehead atoms. The summed E-state index contributed by atoms with van der Waals surface area (Å²) in [5.74, 6) is 3.14. The highest BCUT2D eigenvalue weighted by Crippen LogP contribution is 2.28. The Labute approximate surface area is 194 Å². The van der Waals surface area contributed by atoms with Crippen molar-refractivity contribution in [1.29, 1.82) is 0 Å². The number of aryl methyl sites for hydroxylation is 2. The maximum atomic E-state index is 5.98. The van der Waals surface area contributed by atoms with Crippen LogP contribution in [0.3, 0.4) is 0 Å². The van der Waals surface area contributed by atoms with Gasteiger partial charge in [0.25, 0.3) is 0 Å². The lowest BCUT2D eigenvalue weighted by Gasteiger charge is -2.15. The number of nitrogens with zero attached hydrogens (tertiary/aromatic N) is 3. The van der Waals surface area contributed by atoms with Crippen LogP contribution >= 0.6 is 12.2 Å². The number of rotatable bonds is 7. The second kappa shape index (κ2) is 9.27. The van der Waals surface area contributed by atoms with E-state index in [0.29, 0.717) is 17.4 Å². The predicted molar refractivity (Wildman–Crippen MR) is 131 cm³/mol. The second-order valence-electron chi connectivity index (χ2n) is 8.83. The van der Waals surface area contributed by atoms with Crippen molar-refractivity contribution in [1.82, 2.24) is 14.3 Å². The molecule has 4 aromatic rings.